The van der Waals surface area contributed by atoms with Gasteiger partial charge in [-0.2, -0.15) is 10.4 Å². The standard InChI is InChI=1S/C24H19ClN4O4/c1-31-6-7-32-21-11-17-10-20(2-3-22(17)27-14-21)33-15-23-24(30)4-5-29(28-23)19-9-16(13-26)8-18(25)12-19/h2-5,8-12,14H,6-7,15H2,1H3. The lowest BCUT2D eigenvalue weighted by molar-refractivity contribution is 0.146. The first-order valence-electron chi connectivity index (χ1n) is 10.00. The molecule has 8 nitrogen and oxygen atoms in total. The highest BCUT2D eigenvalue weighted by Crippen LogP contribution is 2.24. The summed E-state index contributed by atoms with van der Waals surface area (Å²) in [5.41, 5.74) is 1.70. The Hall–Kier alpha value is -3.93. The molecule has 0 atom stereocenters. The lowest BCUT2D eigenvalue weighted by atomic mass is 10.2. The van der Waals surface area contributed by atoms with Crippen molar-refractivity contribution in [2.75, 3.05) is 20.3 Å². The number of ether oxygens (including phenoxy) is 3. The first kappa shape index (κ1) is 22.3. The number of aromatic nitrogens is 3. The number of rotatable bonds is 8. The van der Waals surface area contributed by atoms with Gasteiger partial charge >= 0.3 is 0 Å². The summed E-state index contributed by atoms with van der Waals surface area (Å²) in [5.74, 6) is 1.19. The van der Waals surface area contributed by atoms with Crippen LogP contribution in [0.2, 0.25) is 5.02 Å². The fourth-order valence-electron chi connectivity index (χ4n) is 3.11. The van der Waals surface area contributed by atoms with Crippen molar-refractivity contribution in [1.29, 1.82) is 5.26 Å². The van der Waals surface area contributed by atoms with Crippen LogP contribution in [0.15, 0.2) is 65.7 Å². The molecule has 0 spiro atoms. The van der Waals surface area contributed by atoms with Gasteiger partial charge in [-0.3, -0.25) is 9.78 Å². The second-order valence-electron chi connectivity index (χ2n) is 7.04. The monoisotopic (exact) mass is 462 g/mol. The van der Waals surface area contributed by atoms with Gasteiger partial charge < -0.3 is 14.2 Å². The molecule has 2 aromatic heterocycles. The fraction of sp³-hybridized carbons (Fsp3) is 0.167. The van der Waals surface area contributed by atoms with Gasteiger partial charge in [-0.25, -0.2) is 4.68 Å². The van der Waals surface area contributed by atoms with Crippen LogP contribution >= 0.6 is 11.6 Å². The van der Waals surface area contributed by atoms with E-state index in [4.69, 9.17) is 31.1 Å². The number of methoxy groups -OCH3 is 1. The Balaban J connectivity index is 1.54. The van der Waals surface area contributed by atoms with Crippen LogP contribution in [0.4, 0.5) is 0 Å². The molecule has 2 aromatic carbocycles. The predicted molar refractivity (Wildman–Crippen MR) is 123 cm³/mol. The van der Waals surface area contributed by atoms with Gasteiger partial charge in [-0.15, -0.1) is 0 Å². The van der Waals surface area contributed by atoms with Crippen LogP contribution in [0, 0.1) is 11.3 Å². The maximum Gasteiger partial charge on any atom is 0.206 e. The molecular weight excluding hydrogens is 444 g/mol. The van der Waals surface area contributed by atoms with E-state index in [0.717, 1.165) is 10.9 Å². The van der Waals surface area contributed by atoms with E-state index in [1.54, 1.807) is 37.6 Å². The normalized spacial score (nSPS) is 10.7. The van der Waals surface area contributed by atoms with Gasteiger partial charge in [0, 0.05) is 29.8 Å². The number of hydrogen-bond donors (Lipinski definition) is 0. The summed E-state index contributed by atoms with van der Waals surface area (Å²) in [5, 5.41) is 14.8. The van der Waals surface area contributed by atoms with Crippen molar-refractivity contribution in [2.24, 2.45) is 0 Å². The molecule has 0 fully saturated rings. The molecule has 0 unspecified atom stereocenters. The molecule has 0 aliphatic rings. The second kappa shape index (κ2) is 10.1. The van der Waals surface area contributed by atoms with Crippen LogP contribution in [-0.4, -0.2) is 35.1 Å². The lowest BCUT2D eigenvalue weighted by Crippen LogP contribution is -2.18. The Morgan fingerprint density at radius 2 is 1.91 bits per heavy atom. The van der Waals surface area contributed by atoms with E-state index in [9.17, 15) is 4.79 Å². The van der Waals surface area contributed by atoms with E-state index in [1.165, 1.54) is 16.9 Å². The number of hydrogen-bond acceptors (Lipinski definition) is 7. The Bertz CT molecular complexity index is 1400. The molecule has 0 aliphatic carbocycles. The number of fused-ring (bicyclic) bond motifs is 1. The van der Waals surface area contributed by atoms with E-state index in [1.807, 2.05) is 18.2 Å². The van der Waals surface area contributed by atoms with Gasteiger partial charge in [-0.1, -0.05) is 11.6 Å². The molecule has 33 heavy (non-hydrogen) atoms. The Labute approximate surface area is 194 Å². The Morgan fingerprint density at radius 3 is 2.73 bits per heavy atom. The van der Waals surface area contributed by atoms with Gasteiger partial charge in [0.05, 0.1) is 35.6 Å². The molecule has 0 radical (unpaired) electrons. The van der Waals surface area contributed by atoms with E-state index in [-0.39, 0.29) is 17.7 Å². The van der Waals surface area contributed by atoms with Gasteiger partial charge in [0.15, 0.2) is 0 Å². The number of benzene rings is 2. The molecule has 0 amide bonds. The predicted octanol–water partition coefficient (Wildman–Crippen LogP) is 3.91. The van der Waals surface area contributed by atoms with Crippen molar-refractivity contribution in [3.05, 3.63) is 87.4 Å². The molecule has 0 bridgehead atoms. The smallest absolute Gasteiger partial charge is 0.206 e. The summed E-state index contributed by atoms with van der Waals surface area (Å²) in [6.45, 7) is 0.873. The third kappa shape index (κ3) is 5.47. The highest BCUT2D eigenvalue weighted by Gasteiger charge is 2.08. The van der Waals surface area contributed by atoms with Crippen LogP contribution in [0.1, 0.15) is 11.3 Å². The first-order chi connectivity index (χ1) is 16.1. The molecular formula is C24H19ClN4O4. The molecule has 0 saturated carbocycles. The molecule has 0 aliphatic heterocycles. The zero-order chi connectivity index (χ0) is 23.2. The summed E-state index contributed by atoms with van der Waals surface area (Å²) < 4.78 is 17.9. The zero-order valence-electron chi connectivity index (χ0n) is 17.7. The first-order valence-corrected chi connectivity index (χ1v) is 10.4. The summed E-state index contributed by atoms with van der Waals surface area (Å²) in [4.78, 5) is 16.7. The number of halogens is 1. The summed E-state index contributed by atoms with van der Waals surface area (Å²) in [6, 6.07) is 15.6. The van der Waals surface area contributed by atoms with Crippen molar-refractivity contribution in [3.63, 3.8) is 0 Å². The minimum atomic E-state index is -0.259. The molecule has 4 aromatic rings. The average Bonchev–Trinajstić information content (AvgIpc) is 2.83. The summed E-state index contributed by atoms with van der Waals surface area (Å²) >= 11 is 6.09. The van der Waals surface area contributed by atoms with Crippen LogP contribution in [0.3, 0.4) is 0 Å². The minimum absolute atomic E-state index is 0.0334. The maximum atomic E-state index is 12.3. The quantitative estimate of drug-likeness (QED) is 0.366. The molecule has 2 heterocycles. The average molecular weight is 463 g/mol. The fourth-order valence-corrected chi connectivity index (χ4v) is 3.34. The second-order valence-corrected chi connectivity index (χ2v) is 7.47. The Morgan fingerprint density at radius 1 is 1.06 bits per heavy atom. The third-order valence-electron chi connectivity index (χ3n) is 4.72. The van der Waals surface area contributed by atoms with Gasteiger partial charge in [0.1, 0.15) is 30.4 Å². The number of pyridine rings is 1. The number of nitrogens with zero attached hydrogens (tertiary/aromatic N) is 4. The third-order valence-corrected chi connectivity index (χ3v) is 4.93. The molecule has 0 saturated heterocycles. The van der Waals surface area contributed by atoms with Crippen LogP contribution in [0.25, 0.3) is 16.6 Å². The molecule has 9 heteroatoms. The van der Waals surface area contributed by atoms with Crippen molar-refractivity contribution in [1.82, 2.24) is 14.8 Å². The zero-order valence-corrected chi connectivity index (χ0v) is 18.5. The van der Waals surface area contributed by atoms with E-state index in [0.29, 0.717) is 41.0 Å². The SMILES string of the molecule is COCCOc1cnc2ccc(OCc3nn(-c4cc(Cl)cc(C#N)c4)ccc3=O)cc2c1. The molecule has 0 N–H and O–H groups in total. The Kier molecular flexibility index (Phi) is 6.83. The highest BCUT2D eigenvalue weighted by atomic mass is 35.5. The van der Waals surface area contributed by atoms with Crippen molar-refractivity contribution < 1.29 is 14.2 Å². The minimum Gasteiger partial charge on any atom is -0.490 e. The maximum absolute atomic E-state index is 12.3. The van der Waals surface area contributed by atoms with Crippen LogP contribution in [-0.2, 0) is 11.3 Å². The van der Waals surface area contributed by atoms with Gasteiger partial charge in [0.2, 0.25) is 5.43 Å². The highest BCUT2D eigenvalue weighted by molar-refractivity contribution is 6.30. The van der Waals surface area contributed by atoms with E-state index < -0.39 is 0 Å². The van der Waals surface area contributed by atoms with E-state index in [2.05, 4.69) is 16.2 Å². The molecule has 166 valence electrons. The van der Waals surface area contributed by atoms with Crippen LogP contribution < -0.4 is 14.9 Å². The van der Waals surface area contributed by atoms with Crippen molar-refractivity contribution >= 4 is 22.5 Å². The summed E-state index contributed by atoms with van der Waals surface area (Å²) in [7, 11) is 1.61. The topological polar surface area (TPSA) is 99.3 Å². The van der Waals surface area contributed by atoms with Crippen LogP contribution in [0.5, 0.6) is 11.5 Å². The lowest BCUT2D eigenvalue weighted by Gasteiger charge is -2.10. The largest absolute Gasteiger partial charge is 0.490 e. The van der Waals surface area contributed by atoms with E-state index >= 15 is 0 Å². The van der Waals surface area contributed by atoms with Gasteiger partial charge in [-0.05, 0) is 42.5 Å². The number of nitriles is 1. The molecule has 4 rings (SSSR count). The van der Waals surface area contributed by atoms with Crippen molar-refractivity contribution in [3.8, 4) is 23.3 Å². The van der Waals surface area contributed by atoms with Crippen molar-refractivity contribution in [2.45, 2.75) is 6.61 Å². The summed E-state index contributed by atoms with van der Waals surface area (Å²) in [6.07, 6.45) is 3.17. The van der Waals surface area contributed by atoms with Gasteiger partial charge in [0.25, 0.3) is 0 Å².